The first-order chi connectivity index (χ1) is 19.2. The van der Waals surface area contributed by atoms with Crippen LogP contribution in [0.1, 0.15) is 65.6 Å². The zero-order valence-electron chi connectivity index (χ0n) is 28.5. The van der Waals surface area contributed by atoms with E-state index in [4.69, 9.17) is 23.6 Å². The smallest absolute Gasteiger partial charge is 0.230 e. The van der Waals surface area contributed by atoms with Gasteiger partial charge in [-0.15, -0.1) is 11.3 Å². The summed E-state index contributed by atoms with van der Waals surface area (Å²) >= 11 is 0.632. The topological polar surface area (TPSA) is 88.2 Å². The van der Waals surface area contributed by atoms with E-state index < -0.39 is 89.7 Å². The van der Waals surface area contributed by atoms with E-state index in [-0.39, 0.29) is 41.2 Å². The molecule has 1 heterocycles. The second-order valence-electron chi connectivity index (χ2n) is 5.96. The standard InChI is InChI=1S/C23H27N3O2S/c1-16-6-10-18(11-7-16)21(27)5-3-2-4-17-8-12-19(13-9-17)25-22(28)14-20-15-29-23(24)26-20/h6-13,15,21,27H,2-5,14H2,1H3,(H2,24,26)(H,25,28)/t21-/m0/s1/i4D2,6D,7D,8D,9D,10D,11D,12D,13D,14D2,15D. The molecule has 3 aromatic rings. The quantitative estimate of drug-likeness (QED) is 0.468. The summed E-state index contributed by atoms with van der Waals surface area (Å²) in [4.78, 5) is 16.4. The van der Waals surface area contributed by atoms with Gasteiger partial charge in [0.05, 0.1) is 30.5 Å². The number of hydrogen-bond acceptors (Lipinski definition) is 5. The number of nitrogens with two attached hydrogens (primary N) is 1. The third-order valence-electron chi connectivity index (χ3n) is 3.63. The number of aliphatic hydroxyl groups is 1. The molecule has 3 rings (SSSR count). The van der Waals surface area contributed by atoms with Crippen LogP contribution in [0.15, 0.2) is 53.7 Å². The van der Waals surface area contributed by atoms with Gasteiger partial charge in [-0.2, -0.15) is 0 Å². The van der Waals surface area contributed by atoms with Gasteiger partial charge in [-0.05, 0) is 49.4 Å². The van der Waals surface area contributed by atoms with Crippen molar-refractivity contribution in [1.29, 1.82) is 0 Å². The maximum absolute atomic E-state index is 12.8. The van der Waals surface area contributed by atoms with Crippen LogP contribution in [0.4, 0.5) is 10.8 Å². The second-order valence-corrected chi connectivity index (χ2v) is 6.78. The Morgan fingerprint density at radius 1 is 1.24 bits per heavy atom. The molecular weight excluding hydrogens is 382 g/mol. The fourth-order valence-corrected chi connectivity index (χ4v) is 2.66. The number of aliphatic hydroxyl groups excluding tert-OH is 1. The summed E-state index contributed by atoms with van der Waals surface area (Å²) < 4.78 is 106. The van der Waals surface area contributed by atoms with E-state index in [9.17, 15) is 9.90 Å². The summed E-state index contributed by atoms with van der Waals surface area (Å²) in [5.41, 5.74) is 3.44. The summed E-state index contributed by atoms with van der Waals surface area (Å²) in [6.07, 6.45) is -7.57. The predicted molar refractivity (Wildman–Crippen MR) is 119 cm³/mol. The molecule has 0 saturated carbocycles. The summed E-state index contributed by atoms with van der Waals surface area (Å²) in [6, 6.07) is -4.77. The zero-order valence-corrected chi connectivity index (χ0v) is 16.3. The fraction of sp³-hybridized carbons (Fsp3) is 0.304. The van der Waals surface area contributed by atoms with E-state index >= 15 is 0 Å². The number of amides is 1. The molecule has 0 unspecified atom stereocenters. The lowest BCUT2D eigenvalue weighted by Crippen LogP contribution is -2.14. The molecule has 29 heavy (non-hydrogen) atoms. The van der Waals surface area contributed by atoms with Crippen molar-refractivity contribution in [2.45, 2.75) is 45.0 Å². The number of carbonyl (C=O) groups excluding carboxylic acids is 1. The molecule has 4 N–H and O–H groups in total. The molecule has 0 saturated heterocycles. The molecule has 1 aromatic heterocycles. The van der Waals surface area contributed by atoms with Crippen molar-refractivity contribution in [3.8, 4) is 0 Å². The van der Waals surface area contributed by atoms with Crippen molar-refractivity contribution < 1.29 is 27.7 Å². The molecule has 0 aliphatic carbocycles. The first kappa shape index (κ1) is 9.87. The van der Waals surface area contributed by atoms with Crippen molar-refractivity contribution in [3.05, 3.63) is 76.1 Å². The number of nitrogens with zero attached hydrogens (tertiary/aromatic N) is 1. The molecule has 0 bridgehead atoms. The van der Waals surface area contributed by atoms with Crippen molar-refractivity contribution in [1.82, 2.24) is 4.98 Å². The van der Waals surface area contributed by atoms with Crippen LogP contribution in [0.25, 0.3) is 0 Å². The fourth-order valence-electron chi connectivity index (χ4n) is 2.23. The highest BCUT2D eigenvalue weighted by molar-refractivity contribution is 7.13. The monoisotopic (exact) mass is 422 g/mol. The van der Waals surface area contributed by atoms with E-state index in [0.29, 0.717) is 11.3 Å². The molecule has 152 valence electrons. The maximum Gasteiger partial charge on any atom is 0.230 e. The van der Waals surface area contributed by atoms with Gasteiger partial charge in [-0.1, -0.05) is 48.2 Å². The third kappa shape index (κ3) is 6.69. The SMILES string of the molecule is [2H]c1sc(N)nc1C([2H])([2H])C(=O)Nc1c([2H])c([2H])c(C([2H])([2H])CCC[C@H](O)c2c([2H])c([2H])c(C)c([2H])c2[2H])c([2H])c1[2H]. The molecule has 1 atom stereocenters. The molecule has 0 aliphatic heterocycles. The molecule has 5 nitrogen and oxygen atoms in total. The van der Waals surface area contributed by atoms with Gasteiger partial charge in [0.2, 0.25) is 5.91 Å². The Morgan fingerprint density at radius 2 is 1.97 bits per heavy atom. The maximum atomic E-state index is 12.8. The first-order valence-corrected chi connectivity index (χ1v) is 9.47. The summed E-state index contributed by atoms with van der Waals surface area (Å²) in [5.74, 6) is -1.43. The summed E-state index contributed by atoms with van der Waals surface area (Å²) in [6.45, 7) is 1.42. The van der Waals surface area contributed by atoms with Crippen molar-refractivity contribution in [2.24, 2.45) is 0 Å². The Morgan fingerprint density at radius 3 is 2.62 bits per heavy atom. The number of hydrogen-bond donors (Lipinski definition) is 3. The van der Waals surface area contributed by atoms with Gasteiger partial charge in [0, 0.05) is 16.5 Å². The number of thiazole rings is 1. The number of aromatic nitrogens is 1. The van der Waals surface area contributed by atoms with E-state index in [2.05, 4.69) is 4.98 Å². The van der Waals surface area contributed by atoms with Crippen molar-refractivity contribution in [2.75, 3.05) is 11.1 Å². The van der Waals surface area contributed by atoms with Gasteiger partial charge in [-0.25, -0.2) is 4.98 Å². The van der Waals surface area contributed by atoms with Gasteiger partial charge >= 0.3 is 0 Å². The highest BCUT2D eigenvalue weighted by Crippen LogP contribution is 2.21. The zero-order chi connectivity index (χ0) is 32.1. The number of carbonyl (C=O) groups is 1. The second kappa shape index (κ2) is 10.2. The highest BCUT2D eigenvalue weighted by atomic mass is 32.1. The van der Waals surface area contributed by atoms with Gasteiger partial charge < -0.3 is 16.2 Å². The Labute approximate surface area is 193 Å². The minimum atomic E-state index is -2.92. The lowest BCUT2D eigenvalue weighted by atomic mass is 10.0. The van der Waals surface area contributed by atoms with Crippen LogP contribution < -0.4 is 11.1 Å². The Balaban J connectivity index is 1.85. The van der Waals surface area contributed by atoms with Crippen molar-refractivity contribution in [3.63, 3.8) is 0 Å². The van der Waals surface area contributed by atoms with Gasteiger partial charge in [0.15, 0.2) is 5.13 Å². The number of nitrogen functional groups attached to an aromatic ring is 1. The molecular formula is C23H27N3O2S. The molecule has 1 amide bonds. The van der Waals surface area contributed by atoms with Crippen LogP contribution in [0, 0.1) is 6.92 Å². The molecule has 2 aromatic carbocycles. The van der Waals surface area contributed by atoms with Crippen LogP contribution in [-0.4, -0.2) is 16.0 Å². The number of nitrogens with one attached hydrogen (secondary N) is 1. The molecule has 0 radical (unpaired) electrons. The van der Waals surface area contributed by atoms with E-state index in [1.807, 2.05) is 5.32 Å². The first-order valence-electron chi connectivity index (χ1n) is 15.2. The average molecular weight is 423 g/mol. The van der Waals surface area contributed by atoms with E-state index in [1.54, 1.807) is 0 Å². The summed E-state index contributed by atoms with van der Waals surface area (Å²) in [7, 11) is 0. The molecule has 0 fully saturated rings. The molecule has 6 heteroatoms. The van der Waals surface area contributed by atoms with Crippen LogP contribution in [0.3, 0.4) is 0 Å². The normalized spacial score (nSPS) is 19.3. The largest absolute Gasteiger partial charge is 0.388 e. The van der Waals surface area contributed by atoms with Crippen molar-refractivity contribution >= 4 is 28.1 Å². The minimum absolute atomic E-state index is 0.105. The third-order valence-corrected chi connectivity index (χ3v) is 4.22. The number of anilines is 2. The molecule has 0 aliphatic rings. The summed E-state index contributed by atoms with van der Waals surface area (Å²) in [5, 5.41) is 12.0. The van der Waals surface area contributed by atoms with Crippen LogP contribution in [0.2, 0.25) is 0 Å². The Bertz CT molecular complexity index is 1500. The molecule has 0 spiro atoms. The van der Waals surface area contributed by atoms with Crippen LogP contribution >= 0.6 is 11.3 Å². The average Bonchev–Trinajstić information content (AvgIpc) is 3.25. The lowest BCUT2D eigenvalue weighted by molar-refractivity contribution is -0.115. The lowest BCUT2D eigenvalue weighted by Gasteiger charge is -2.11. The van der Waals surface area contributed by atoms with Gasteiger partial charge in [-0.3, -0.25) is 4.79 Å². The predicted octanol–water partition coefficient (Wildman–Crippen LogP) is 4.66. The van der Waals surface area contributed by atoms with Gasteiger partial charge in [0.25, 0.3) is 0 Å². The van der Waals surface area contributed by atoms with E-state index in [0.717, 1.165) is 0 Å². The Hall–Kier alpha value is -2.70. The highest BCUT2D eigenvalue weighted by Gasteiger charge is 2.08. The minimum Gasteiger partial charge on any atom is -0.388 e. The van der Waals surface area contributed by atoms with Crippen LogP contribution in [-0.2, 0) is 17.5 Å². The Kier molecular flexibility index (Phi) is 3.47. The van der Waals surface area contributed by atoms with Gasteiger partial charge in [0.1, 0.15) is 0 Å². The van der Waals surface area contributed by atoms with Crippen LogP contribution in [0.5, 0.6) is 0 Å². The number of benzene rings is 2. The number of rotatable bonds is 9. The van der Waals surface area contributed by atoms with E-state index in [1.165, 1.54) is 6.92 Å².